The fourth-order valence-electron chi connectivity index (χ4n) is 3.51. The number of hydrogen-bond donors (Lipinski definition) is 1. The lowest BCUT2D eigenvalue weighted by Crippen LogP contribution is -2.37. The Hall–Kier alpha value is -3.61. The fourth-order valence-corrected chi connectivity index (χ4v) is 3.51. The van der Waals surface area contributed by atoms with Crippen molar-refractivity contribution in [1.82, 2.24) is 5.32 Å². The summed E-state index contributed by atoms with van der Waals surface area (Å²) in [5.41, 5.74) is 1.72. The summed E-state index contributed by atoms with van der Waals surface area (Å²) in [5.74, 6) is 0.322. The molecule has 0 radical (unpaired) electrons. The van der Waals surface area contributed by atoms with E-state index in [4.69, 9.17) is 14.2 Å². The third-order valence-electron chi connectivity index (χ3n) is 4.86. The molecule has 162 valence electrons. The molecule has 7 heteroatoms. The minimum atomic E-state index is -0.421. The number of fused-ring (bicyclic) bond motifs is 1. The third kappa shape index (κ3) is 5.72. The van der Waals surface area contributed by atoms with Gasteiger partial charge in [0.05, 0.1) is 12.6 Å². The molecular weight excluding hydrogens is 398 g/mol. The first-order chi connectivity index (χ1) is 14.9. The van der Waals surface area contributed by atoms with Crippen LogP contribution in [0, 0.1) is 0 Å². The Morgan fingerprint density at radius 1 is 1.06 bits per heavy atom. The molecule has 2 unspecified atom stereocenters. The zero-order chi connectivity index (χ0) is 22.4. The first kappa shape index (κ1) is 22.1. The normalized spacial score (nSPS) is 17.0. The van der Waals surface area contributed by atoms with Crippen LogP contribution in [0.2, 0.25) is 0 Å². The van der Waals surface area contributed by atoms with Gasteiger partial charge in [0.15, 0.2) is 0 Å². The molecule has 1 amide bonds. The van der Waals surface area contributed by atoms with Crippen LogP contribution in [0.4, 0.5) is 0 Å². The van der Waals surface area contributed by atoms with Crippen molar-refractivity contribution in [2.75, 3.05) is 6.61 Å². The maximum atomic E-state index is 12.5. The van der Waals surface area contributed by atoms with Crippen molar-refractivity contribution in [3.8, 4) is 17.2 Å². The number of benzene rings is 2. The highest BCUT2D eigenvalue weighted by atomic mass is 16.5. The van der Waals surface area contributed by atoms with E-state index < -0.39 is 11.9 Å². The lowest BCUT2D eigenvalue weighted by molar-refractivity contribution is -0.132. The molecule has 1 heterocycles. The largest absolute Gasteiger partial charge is 0.492 e. The van der Waals surface area contributed by atoms with Crippen molar-refractivity contribution in [3.05, 3.63) is 66.2 Å². The van der Waals surface area contributed by atoms with Crippen molar-refractivity contribution < 1.29 is 28.6 Å². The van der Waals surface area contributed by atoms with Crippen LogP contribution in [0.5, 0.6) is 17.2 Å². The van der Waals surface area contributed by atoms with Gasteiger partial charge in [-0.15, -0.1) is 6.58 Å². The molecule has 0 bridgehead atoms. The second-order valence-corrected chi connectivity index (χ2v) is 7.25. The molecule has 0 fully saturated rings. The van der Waals surface area contributed by atoms with E-state index in [1.165, 1.54) is 13.8 Å². The summed E-state index contributed by atoms with van der Waals surface area (Å²) in [7, 11) is 0. The standard InChI is InChI=1S/C24H25NO6/c1-4-5-6-23(28)25-24-20-12-11-19(31-16(3)27)13-22(20)29-14-21(24)17-7-9-18(10-8-17)30-15(2)26/h4,7-13,21,24H,1,5-6,14H2,2-3H3,(H,25,28). The highest BCUT2D eigenvalue weighted by Crippen LogP contribution is 2.42. The summed E-state index contributed by atoms with van der Waals surface area (Å²) >= 11 is 0. The number of carbonyl (C=O) groups excluding carboxylic acids is 3. The smallest absolute Gasteiger partial charge is 0.308 e. The quantitative estimate of drug-likeness (QED) is 0.413. The second-order valence-electron chi connectivity index (χ2n) is 7.25. The van der Waals surface area contributed by atoms with Crippen LogP contribution >= 0.6 is 0 Å². The molecule has 1 aliphatic heterocycles. The van der Waals surface area contributed by atoms with E-state index in [0.717, 1.165) is 11.1 Å². The highest BCUT2D eigenvalue weighted by molar-refractivity contribution is 5.77. The number of nitrogens with one attached hydrogen (secondary N) is 1. The van der Waals surface area contributed by atoms with Crippen LogP contribution < -0.4 is 19.5 Å². The molecule has 0 saturated heterocycles. The predicted molar refractivity (Wildman–Crippen MR) is 114 cm³/mol. The van der Waals surface area contributed by atoms with E-state index in [0.29, 0.717) is 36.7 Å². The summed E-state index contributed by atoms with van der Waals surface area (Å²) in [5, 5.41) is 3.11. The van der Waals surface area contributed by atoms with Crippen LogP contribution in [0.15, 0.2) is 55.1 Å². The number of hydrogen-bond acceptors (Lipinski definition) is 6. The van der Waals surface area contributed by atoms with Gasteiger partial charge in [0.25, 0.3) is 0 Å². The first-order valence-electron chi connectivity index (χ1n) is 10.0. The maximum Gasteiger partial charge on any atom is 0.308 e. The van der Waals surface area contributed by atoms with Crippen LogP contribution in [-0.4, -0.2) is 24.5 Å². The van der Waals surface area contributed by atoms with Crippen LogP contribution in [0.1, 0.15) is 49.8 Å². The van der Waals surface area contributed by atoms with Gasteiger partial charge in [-0.3, -0.25) is 14.4 Å². The topological polar surface area (TPSA) is 90.9 Å². The Kier molecular flexibility index (Phi) is 7.07. The number of ether oxygens (including phenoxy) is 3. The van der Waals surface area contributed by atoms with Crippen molar-refractivity contribution in [2.45, 2.75) is 38.6 Å². The number of allylic oxidation sites excluding steroid dienone is 1. The Morgan fingerprint density at radius 3 is 2.35 bits per heavy atom. The third-order valence-corrected chi connectivity index (χ3v) is 4.86. The number of esters is 2. The van der Waals surface area contributed by atoms with Crippen molar-refractivity contribution in [1.29, 1.82) is 0 Å². The monoisotopic (exact) mass is 423 g/mol. The predicted octanol–water partition coefficient (Wildman–Crippen LogP) is 3.84. The Labute approximate surface area is 181 Å². The summed E-state index contributed by atoms with van der Waals surface area (Å²) in [6.45, 7) is 6.66. The summed E-state index contributed by atoms with van der Waals surface area (Å²) < 4.78 is 16.2. The van der Waals surface area contributed by atoms with E-state index in [-0.39, 0.29) is 17.9 Å². The lowest BCUT2D eigenvalue weighted by atomic mass is 9.85. The fraction of sp³-hybridized carbons (Fsp3) is 0.292. The molecule has 0 aliphatic carbocycles. The molecule has 1 aliphatic rings. The van der Waals surface area contributed by atoms with Gasteiger partial charge in [-0.25, -0.2) is 0 Å². The van der Waals surface area contributed by atoms with Crippen molar-refractivity contribution >= 4 is 17.8 Å². The van der Waals surface area contributed by atoms with Crippen molar-refractivity contribution in [3.63, 3.8) is 0 Å². The number of amides is 1. The average molecular weight is 423 g/mol. The molecule has 3 rings (SSSR count). The van der Waals surface area contributed by atoms with E-state index in [1.54, 1.807) is 36.4 Å². The van der Waals surface area contributed by atoms with Gasteiger partial charge in [-0.2, -0.15) is 0 Å². The molecule has 1 N–H and O–H groups in total. The number of carbonyl (C=O) groups is 3. The maximum absolute atomic E-state index is 12.5. The molecule has 0 spiro atoms. The minimum absolute atomic E-state index is 0.0941. The lowest BCUT2D eigenvalue weighted by Gasteiger charge is -2.34. The molecule has 31 heavy (non-hydrogen) atoms. The van der Waals surface area contributed by atoms with E-state index >= 15 is 0 Å². The van der Waals surface area contributed by atoms with E-state index in [9.17, 15) is 14.4 Å². The summed E-state index contributed by atoms with van der Waals surface area (Å²) in [6, 6.07) is 11.9. The summed E-state index contributed by atoms with van der Waals surface area (Å²) in [6.07, 6.45) is 2.61. The minimum Gasteiger partial charge on any atom is -0.492 e. The second kappa shape index (κ2) is 9.93. The molecule has 2 atom stereocenters. The van der Waals surface area contributed by atoms with E-state index in [2.05, 4.69) is 11.9 Å². The van der Waals surface area contributed by atoms with Gasteiger partial charge in [0, 0.05) is 37.8 Å². The Morgan fingerprint density at radius 2 is 1.71 bits per heavy atom. The van der Waals surface area contributed by atoms with Gasteiger partial charge in [-0.05, 0) is 36.2 Å². The van der Waals surface area contributed by atoms with Gasteiger partial charge in [0.2, 0.25) is 5.91 Å². The molecule has 2 aromatic carbocycles. The molecule has 0 saturated carbocycles. The van der Waals surface area contributed by atoms with Gasteiger partial charge >= 0.3 is 11.9 Å². The average Bonchev–Trinajstić information content (AvgIpc) is 2.72. The van der Waals surface area contributed by atoms with Crippen LogP contribution in [0.3, 0.4) is 0 Å². The molecule has 0 aromatic heterocycles. The van der Waals surface area contributed by atoms with Crippen LogP contribution in [-0.2, 0) is 14.4 Å². The van der Waals surface area contributed by atoms with Gasteiger partial charge in [-0.1, -0.05) is 18.2 Å². The summed E-state index contributed by atoms with van der Waals surface area (Å²) in [4.78, 5) is 34.9. The molecular formula is C24H25NO6. The van der Waals surface area contributed by atoms with Gasteiger partial charge < -0.3 is 19.5 Å². The zero-order valence-corrected chi connectivity index (χ0v) is 17.6. The van der Waals surface area contributed by atoms with Crippen molar-refractivity contribution in [2.24, 2.45) is 0 Å². The Balaban J connectivity index is 1.91. The molecule has 2 aromatic rings. The number of rotatable bonds is 7. The SMILES string of the molecule is C=CCCC(=O)NC1c2ccc(OC(C)=O)cc2OCC1c1ccc(OC(C)=O)cc1. The first-order valence-corrected chi connectivity index (χ1v) is 10.0. The zero-order valence-electron chi connectivity index (χ0n) is 17.6. The Bertz CT molecular complexity index is 982. The highest BCUT2D eigenvalue weighted by Gasteiger charge is 2.33. The van der Waals surface area contributed by atoms with E-state index in [1.807, 2.05) is 12.1 Å². The van der Waals surface area contributed by atoms with Crippen LogP contribution in [0.25, 0.3) is 0 Å². The molecule has 7 nitrogen and oxygen atoms in total. The van der Waals surface area contributed by atoms with Gasteiger partial charge in [0.1, 0.15) is 17.2 Å².